The number of nitrogens with zero attached hydrogens (tertiary/aromatic N) is 1. The van der Waals surface area contributed by atoms with Gasteiger partial charge in [-0.3, -0.25) is 9.59 Å². The fourth-order valence-corrected chi connectivity index (χ4v) is 2.52. The Labute approximate surface area is 124 Å². The van der Waals surface area contributed by atoms with E-state index < -0.39 is 11.9 Å². The molecule has 0 aliphatic rings. The summed E-state index contributed by atoms with van der Waals surface area (Å²) in [6.07, 6.45) is 0.689. The third-order valence-corrected chi connectivity index (χ3v) is 3.80. The van der Waals surface area contributed by atoms with Crippen LogP contribution >= 0.6 is 0 Å². The van der Waals surface area contributed by atoms with Crippen LogP contribution in [0.4, 0.5) is 0 Å². The quantitative estimate of drug-likeness (QED) is 0.859. The maximum Gasteiger partial charge on any atom is 0.312 e. The van der Waals surface area contributed by atoms with E-state index in [2.05, 4.69) is 0 Å². The molecule has 4 heteroatoms. The average Bonchev–Trinajstić information content (AvgIpc) is 2.83. The Hall–Kier alpha value is -2.36. The van der Waals surface area contributed by atoms with Crippen LogP contribution in [0.5, 0.6) is 0 Å². The molecule has 0 aliphatic carbocycles. The van der Waals surface area contributed by atoms with E-state index >= 15 is 0 Å². The zero-order valence-corrected chi connectivity index (χ0v) is 12.5. The Bertz CT molecular complexity index is 671. The molecule has 0 spiro atoms. The summed E-state index contributed by atoms with van der Waals surface area (Å²) in [4.78, 5) is 23.9. The van der Waals surface area contributed by atoms with Gasteiger partial charge in [-0.05, 0) is 25.0 Å². The number of hydrogen-bond acceptors (Lipinski definition) is 2. The van der Waals surface area contributed by atoms with Gasteiger partial charge < -0.3 is 9.67 Å². The van der Waals surface area contributed by atoms with Gasteiger partial charge in [-0.1, -0.05) is 37.3 Å². The number of carbonyl (C=O) groups excluding carboxylic acids is 1. The molecular weight excluding hydrogens is 266 g/mol. The van der Waals surface area contributed by atoms with Crippen molar-refractivity contribution in [2.75, 3.05) is 0 Å². The number of aryl methyl sites for hydroxylation is 1. The number of ketones is 1. The smallest absolute Gasteiger partial charge is 0.312 e. The molecule has 2 rings (SSSR count). The van der Waals surface area contributed by atoms with Gasteiger partial charge in [-0.25, -0.2) is 0 Å². The molecule has 4 nitrogen and oxygen atoms in total. The molecule has 1 unspecified atom stereocenters. The van der Waals surface area contributed by atoms with Crippen molar-refractivity contribution >= 4 is 11.8 Å². The molecular formula is C17H19NO3. The normalized spacial score (nSPS) is 12.1. The number of benzene rings is 1. The van der Waals surface area contributed by atoms with E-state index in [1.54, 1.807) is 30.7 Å². The summed E-state index contributed by atoms with van der Waals surface area (Å²) in [5, 5.41) is 9.19. The van der Waals surface area contributed by atoms with Crippen molar-refractivity contribution in [3.05, 3.63) is 58.9 Å². The molecule has 0 fully saturated rings. The van der Waals surface area contributed by atoms with Gasteiger partial charge in [0.2, 0.25) is 5.78 Å². The molecule has 0 saturated carbocycles. The molecule has 21 heavy (non-hydrogen) atoms. The van der Waals surface area contributed by atoms with Gasteiger partial charge in [0.1, 0.15) is 0 Å². The lowest BCUT2D eigenvalue weighted by molar-refractivity contribution is -0.138. The van der Waals surface area contributed by atoms with Gasteiger partial charge in [-0.2, -0.15) is 0 Å². The summed E-state index contributed by atoms with van der Waals surface area (Å²) in [7, 11) is 1.75. The van der Waals surface area contributed by atoms with E-state index in [0.29, 0.717) is 23.4 Å². The first kappa shape index (κ1) is 15.0. The number of carboxylic acids is 1. The van der Waals surface area contributed by atoms with Crippen LogP contribution < -0.4 is 0 Å². The average molecular weight is 285 g/mol. The van der Waals surface area contributed by atoms with Crippen LogP contribution in [-0.2, 0) is 18.3 Å². The Morgan fingerprint density at radius 2 is 1.86 bits per heavy atom. The zero-order chi connectivity index (χ0) is 15.6. The lowest BCUT2D eigenvalue weighted by Crippen LogP contribution is -2.15. The number of hydrogen-bond donors (Lipinski definition) is 1. The zero-order valence-electron chi connectivity index (χ0n) is 12.5. The molecule has 0 radical (unpaired) electrons. The highest BCUT2D eigenvalue weighted by atomic mass is 16.4. The third kappa shape index (κ3) is 2.75. The summed E-state index contributed by atoms with van der Waals surface area (Å²) < 4.78 is 1.72. The number of carbonyl (C=O) groups is 2. The number of aliphatic carboxylic acids is 1. The molecule has 1 atom stereocenters. The minimum atomic E-state index is -0.892. The number of rotatable bonds is 5. The van der Waals surface area contributed by atoms with E-state index in [0.717, 1.165) is 5.56 Å². The Kier molecular flexibility index (Phi) is 4.26. The van der Waals surface area contributed by atoms with Crippen LogP contribution in [-0.4, -0.2) is 21.4 Å². The van der Waals surface area contributed by atoms with E-state index in [1.165, 1.54) is 0 Å². The molecule has 0 aliphatic heterocycles. The minimum absolute atomic E-state index is 0.0706. The van der Waals surface area contributed by atoms with Crippen molar-refractivity contribution in [1.82, 2.24) is 4.57 Å². The van der Waals surface area contributed by atoms with Crippen molar-refractivity contribution in [1.29, 1.82) is 0 Å². The van der Waals surface area contributed by atoms with Gasteiger partial charge in [0, 0.05) is 18.3 Å². The fraction of sp³-hybridized carbons (Fsp3) is 0.294. The minimum Gasteiger partial charge on any atom is -0.481 e. The second kappa shape index (κ2) is 5.95. The lowest BCUT2D eigenvalue weighted by atomic mass is 10.0. The molecule has 0 saturated heterocycles. The summed E-state index contributed by atoms with van der Waals surface area (Å²) in [6, 6.07) is 10.9. The first-order chi connectivity index (χ1) is 9.97. The maximum absolute atomic E-state index is 12.7. The first-order valence-corrected chi connectivity index (χ1v) is 6.98. The Morgan fingerprint density at radius 1 is 1.24 bits per heavy atom. The highest BCUT2D eigenvalue weighted by molar-refractivity contribution is 6.09. The lowest BCUT2D eigenvalue weighted by Gasteiger charge is -2.11. The van der Waals surface area contributed by atoms with Crippen LogP contribution in [0.2, 0.25) is 0 Å². The second-order valence-electron chi connectivity index (χ2n) is 5.11. The van der Waals surface area contributed by atoms with Crippen molar-refractivity contribution in [2.24, 2.45) is 7.05 Å². The molecule has 1 aromatic carbocycles. The number of carboxylic acid groups (broad SMARTS) is 1. The summed E-state index contributed by atoms with van der Waals surface area (Å²) >= 11 is 0. The predicted molar refractivity (Wildman–Crippen MR) is 80.7 cm³/mol. The summed E-state index contributed by atoms with van der Waals surface area (Å²) in [5.41, 5.74) is 2.72. The SMILES string of the molecule is CCc1cc(C(C)C(=O)O)n(C)c1C(=O)c1ccccc1. The predicted octanol–water partition coefficient (Wildman–Crippen LogP) is 3.01. The second-order valence-corrected chi connectivity index (χ2v) is 5.11. The molecule has 2 aromatic rings. The molecule has 1 aromatic heterocycles. The van der Waals surface area contributed by atoms with Crippen molar-refractivity contribution < 1.29 is 14.7 Å². The van der Waals surface area contributed by atoms with Crippen molar-refractivity contribution in [3.63, 3.8) is 0 Å². The van der Waals surface area contributed by atoms with Crippen LogP contribution in [0.15, 0.2) is 36.4 Å². The van der Waals surface area contributed by atoms with Crippen LogP contribution in [0.3, 0.4) is 0 Å². The van der Waals surface area contributed by atoms with Crippen LogP contribution in [0.1, 0.15) is 47.1 Å². The van der Waals surface area contributed by atoms with E-state index in [-0.39, 0.29) is 5.78 Å². The van der Waals surface area contributed by atoms with Crippen LogP contribution in [0.25, 0.3) is 0 Å². The third-order valence-electron chi connectivity index (χ3n) is 3.80. The summed E-state index contributed by atoms with van der Waals surface area (Å²) in [6.45, 7) is 3.60. The number of aromatic nitrogens is 1. The van der Waals surface area contributed by atoms with Gasteiger partial charge in [0.25, 0.3) is 0 Å². The Balaban J connectivity index is 2.53. The molecule has 1 heterocycles. The van der Waals surface area contributed by atoms with Gasteiger partial charge >= 0.3 is 5.97 Å². The van der Waals surface area contributed by atoms with Gasteiger partial charge in [-0.15, -0.1) is 0 Å². The van der Waals surface area contributed by atoms with E-state index in [4.69, 9.17) is 0 Å². The Morgan fingerprint density at radius 3 is 2.38 bits per heavy atom. The van der Waals surface area contributed by atoms with Crippen molar-refractivity contribution in [2.45, 2.75) is 26.2 Å². The first-order valence-electron chi connectivity index (χ1n) is 6.98. The monoisotopic (exact) mass is 285 g/mol. The van der Waals surface area contributed by atoms with Gasteiger partial charge in [0.15, 0.2) is 0 Å². The van der Waals surface area contributed by atoms with E-state index in [9.17, 15) is 14.7 Å². The van der Waals surface area contributed by atoms with Gasteiger partial charge in [0.05, 0.1) is 11.6 Å². The topological polar surface area (TPSA) is 59.3 Å². The van der Waals surface area contributed by atoms with Crippen LogP contribution in [0, 0.1) is 0 Å². The standard InChI is InChI=1S/C17H19NO3/c1-4-12-10-14(11(2)17(20)21)18(3)15(12)16(19)13-8-6-5-7-9-13/h5-11H,4H2,1-3H3,(H,20,21). The summed E-state index contributed by atoms with van der Waals surface area (Å²) in [5.74, 6) is -1.60. The van der Waals surface area contributed by atoms with Crippen molar-refractivity contribution in [3.8, 4) is 0 Å². The molecule has 0 amide bonds. The molecule has 110 valence electrons. The maximum atomic E-state index is 12.7. The fourth-order valence-electron chi connectivity index (χ4n) is 2.52. The highest BCUT2D eigenvalue weighted by Crippen LogP contribution is 2.25. The largest absolute Gasteiger partial charge is 0.481 e. The van der Waals surface area contributed by atoms with E-state index in [1.807, 2.05) is 31.2 Å². The molecule has 0 bridgehead atoms. The molecule has 1 N–H and O–H groups in total. The highest BCUT2D eigenvalue weighted by Gasteiger charge is 2.24.